The number of nitrogens with two attached hydrogens (primary N) is 1. The Balaban J connectivity index is 1.80. The van der Waals surface area contributed by atoms with Crippen LogP contribution in [0.5, 0.6) is 0 Å². The largest absolute Gasteiger partial charge is 0.382 e. The summed E-state index contributed by atoms with van der Waals surface area (Å²) in [6.07, 6.45) is 0. The van der Waals surface area contributed by atoms with Crippen LogP contribution in [0.15, 0.2) is 59.1 Å². The number of nitrogen functional groups attached to an aromatic ring is 1. The molecule has 122 valence electrons. The number of carbonyl (C=O) groups is 1. The lowest BCUT2D eigenvalue weighted by molar-refractivity contribution is 0.0935. The number of hydrogen-bond acceptors (Lipinski definition) is 4. The van der Waals surface area contributed by atoms with E-state index >= 15 is 0 Å². The number of amides is 1. The molecule has 3 aromatic rings. The quantitative estimate of drug-likeness (QED) is 0.722. The zero-order chi connectivity index (χ0) is 17.1. The number of anilines is 1. The van der Waals surface area contributed by atoms with E-state index in [-0.39, 0.29) is 23.5 Å². The fourth-order valence-corrected chi connectivity index (χ4v) is 2.58. The molecule has 0 spiro atoms. The molecule has 0 saturated carbocycles. The first-order chi connectivity index (χ1) is 11.6. The zero-order valence-electron chi connectivity index (χ0n) is 13.0. The SMILES string of the molecule is C[C@@H](NC(=O)c1nnn(-c2ccc(Br)cc2)c1N)c1ccccc1. The molecule has 6 nitrogen and oxygen atoms in total. The molecule has 0 bridgehead atoms. The lowest BCUT2D eigenvalue weighted by Crippen LogP contribution is -2.27. The summed E-state index contributed by atoms with van der Waals surface area (Å²) < 4.78 is 2.38. The maximum atomic E-state index is 12.4. The van der Waals surface area contributed by atoms with Gasteiger partial charge < -0.3 is 11.1 Å². The van der Waals surface area contributed by atoms with Crippen molar-refractivity contribution in [2.75, 3.05) is 5.73 Å². The van der Waals surface area contributed by atoms with Crippen LogP contribution in [0.3, 0.4) is 0 Å². The topological polar surface area (TPSA) is 85.8 Å². The van der Waals surface area contributed by atoms with Crippen molar-refractivity contribution in [3.63, 3.8) is 0 Å². The minimum atomic E-state index is -0.354. The molecule has 1 aromatic heterocycles. The third kappa shape index (κ3) is 3.30. The summed E-state index contributed by atoms with van der Waals surface area (Å²) in [6, 6.07) is 16.9. The van der Waals surface area contributed by atoms with Crippen LogP contribution in [0.4, 0.5) is 5.82 Å². The number of carbonyl (C=O) groups excluding carboxylic acids is 1. The van der Waals surface area contributed by atoms with E-state index in [1.807, 2.05) is 61.5 Å². The summed E-state index contributed by atoms with van der Waals surface area (Å²) >= 11 is 3.37. The van der Waals surface area contributed by atoms with Crippen molar-refractivity contribution in [3.8, 4) is 5.69 Å². The minimum absolute atomic E-state index is 0.112. The van der Waals surface area contributed by atoms with Crippen molar-refractivity contribution in [1.29, 1.82) is 0 Å². The molecule has 7 heteroatoms. The summed E-state index contributed by atoms with van der Waals surface area (Å²) in [7, 11) is 0. The Kier molecular flexibility index (Phi) is 4.61. The van der Waals surface area contributed by atoms with Crippen LogP contribution in [-0.2, 0) is 0 Å². The molecule has 0 aliphatic heterocycles. The first-order valence-corrected chi connectivity index (χ1v) is 8.18. The van der Waals surface area contributed by atoms with Crippen molar-refractivity contribution in [3.05, 3.63) is 70.3 Å². The molecule has 0 unspecified atom stereocenters. The summed E-state index contributed by atoms with van der Waals surface area (Å²) in [5.41, 5.74) is 7.90. The van der Waals surface area contributed by atoms with Gasteiger partial charge in [0.15, 0.2) is 11.5 Å². The predicted molar refractivity (Wildman–Crippen MR) is 95.8 cm³/mol. The Morgan fingerprint density at radius 2 is 1.83 bits per heavy atom. The zero-order valence-corrected chi connectivity index (χ0v) is 14.6. The van der Waals surface area contributed by atoms with Crippen molar-refractivity contribution in [1.82, 2.24) is 20.3 Å². The van der Waals surface area contributed by atoms with Crippen LogP contribution in [0.25, 0.3) is 5.69 Å². The molecule has 3 rings (SSSR count). The molecular weight excluding hydrogens is 370 g/mol. The van der Waals surface area contributed by atoms with Gasteiger partial charge in [0.25, 0.3) is 5.91 Å². The number of hydrogen-bond donors (Lipinski definition) is 2. The average Bonchev–Trinajstić information content (AvgIpc) is 2.98. The number of nitrogens with one attached hydrogen (secondary N) is 1. The Labute approximate surface area is 147 Å². The Bertz CT molecular complexity index is 845. The highest BCUT2D eigenvalue weighted by atomic mass is 79.9. The van der Waals surface area contributed by atoms with Gasteiger partial charge in [0, 0.05) is 4.47 Å². The third-order valence-corrected chi connectivity index (χ3v) is 4.17. The van der Waals surface area contributed by atoms with Gasteiger partial charge in [-0.15, -0.1) is 5.10 Å². The second kappa shape index (κ2) is 6.84. The van der Waals surface area contributed by atoms with Crippen molar-refractivity contribution in [2.24, 2.45) is 0 Å². The average molecular weight is 386 g/mol. The van der Waals surface area contributed by atoms with Crippen molar-refractivity contribution < 1.29 is 4.79 Å². The van der Waals surface area contributed by atoms with E-state index in [2.05, 4.69) is 31.6 Å². The van der Waals surface area contributed by atoms with Gasteiger partial charge in [0.2, 0.25) is 0 Å². The van der Waals surface area contributed by atoms with Gasteiger partial charge in [0.05, 0.1) is 11.7 Å². The molecule has 1 atom stereocenters. The van der Waals surface area contributed by atoms with Gasteiger partial charge in [0.1, 0.15) is 0 Å². The first-order valence-electron chi connectivity index (χ1n) is 7.39. The van der Waals surface area contributed by atoms with Gasteiger partial charge >= 0.3 is 0 Å². The Morgan fingerprint density at radius 3 is 2.50 bits per heavy atom. The lowest BCUT2D eigenvalue weighted by atomic mass is 10.1. The Morgan fingerprint density at radius 1 is 1.17 bits per heavy atom. The highest BCUT2D eigenvalue weighted by Crippen LogP contribution is 2.19. The summed E-state index contributed by atoms with van der Waals surface area (Å²) in [4.78, 5) is 12.4. The molecular formula is C17H16BrN5O. The smallest absolute Gasteiger partial charge is 0.276 e. The van der Waals surface area contributed by atoms with Crippen LogP contribution in [0, 0.1) is 0 Å². The highest BCUT2D eigenvalue weighted by molar-refractivity contribution is 9.10. The first kappa shape index (κ1) is 16.2. The predicted octanol–water partition coefficient (Wildman–Crippen LogP) is 3.10. The van der Waals surface area contributed by atoms with Gasteiger partial charge in [-0.25, -0.2) is 0 Å². The summed E-state index contributed by atoms with van der Waals surface area (Å²) in [5, 5.41) is 10.8. The molecule has 1 heterocycles. The minimum Gasteiger partial charge on any atom is -0.382 e. The van der Waals surface area contributed by atoms with Crippen molar-refractivity contribution >= 4 is 27.7 Å². The molecule has 2 aromatic carbocycles. The number of halogens is 1. The van der Waals surface area contributed by atoms with E-state index in [9.17, 15) is 4.79 Å². The molecule has 24 heavy (non-hydrogen) atoms. The maximum absolute atomic E-state index is 12.4. The second-order valence-corrected chi connectivity index (χ2v) is 6.23. The molecule has 0 fully saturated rings. The van der Waals surface area contributed by atoms with Gasteiger partial charge in [-0.2, -0.15) is 4.68 Å². The molecule has 0 aliphatic rings. The van der Waals surface area contributed by atoms with Crippen molar-refractivity contribution in [2.45, 2.75) is 13.0 Å². The standard InChI is InChI=1S/C17H16BrN5O/c1-11(12-5-3-2-4-6-12)20-17(24)15-16(19)23(22-21-15)14-9-7-13(18)8-10-14/h2-11H,19H2,1H3,(H,20,24)/t11-/m1/s1. The van der Waals surface area contributed by atoms with E-state index in [0.717, 1.165) is 15.7 Å². The summed E-state index contributed by atoms with van der Waals surface area (Å²) in [6.45, 7) is 1.91. The second-order valence-electron chi connectivity index (χ2n) is 5.32. The molecule has 0 radical (unpaired) electrons. The van der Waals surface area contributed by atoms with Crippen LogP contribution in [0.2, 0.25) is 0 Å². The molecule has 1 amide bonds. The highest BCUT2D eigenvalue weighted by Gasteiger charge is 2.20. The molecule has 0 aliphatic carbocycles. The van der Waals surface area contributed by atoms with E-state index in [4.69, 9.17) is 5.73 Å². The number of nitrogens with zero attached hydrogens (tertiary/aromatic N) is 3. The molecule has 3 N–H and O–H groups in total. The summed E-state index contributed by atoms with van der Waals surface area (Å²) in [5.74, 6) is -0.151. The van der Waals surface area contributed by atoms with Crippen LogP contribution < -0.4 is 11.1 Å². The third-order valence-electron chi connectivity index (χ3n) is 3.64. The van der Waals surface area contributed by atoms with Crippen LogP contribution in [0.1, 0.15) is 29.0 Å². The molecule has 0 saturated heterocycles. The van der Waals surface area contributed by atoms with Gasteiger partial charge in [-0.1, -0.05) is 51.5 Å². The monoisotopic (exact) mass is 385 g/mol. The number of aromatic nitrogens is 3. The van der Waals surface area contributed by atoms with Gasteiger partial charge in [-0.05, 0) is 36.8 Å². The normalized spacial score (nSPS) is 11.9. The van der Waals surface area contributed by atoms with E-state index < -0.39 is 0 Å². The maximum Gasteiger partial charge on any atom is 0.276 e. The van der Waals surface area contributed by atoms with E-state index in [0.29, 0.717) is 0 Å². The van der Waals surface area contributed by atoms with E-state index in [1.54, 1.807) is 0 Å². The van der Waals surface area contributed by atoms with Crippen LogP contribution in [-0.4, -0.2) is 20.9 Å². The fourth-order valence-electron chi connectivity index (χ4n) is 2.31. The Hall–Kier alpha value is -2.67. The number of rotatable bonds is 4. The lowest BCUT2D eigenvalue weighted by Gasteiger charge is -2.13. The number of benzene rings is 2. The fraction of sp³-hybridized carbons (Fsp3) is 0.118. The van der Waals surface area contributed by atoms with Gasteiger partial charge in [-0.3, -0.25) is 4.79 Å². The van der Waals surface area contributed by atoms with E-state index in [1.165, 1.54) is 4.68 Å². The van der Waals surface area contributed by atoms with Crippen LogP contribution >= 0.6 is 15.9 Å².